The SMILES string of the molecule is C=CCn1c(SCC(=O)Nc2ncc(Cc3ccc(Cl)c(Cl)c3)s2)nnc1-c1cccc([N+](=O)[O-])c1. The van der Waals surface area contributed by atoms with Crippen LogP contribution in [-0.4, -0.2) is 36.3 Å². The standard InChI is InChI=1S/C23H18Cl2N6O3S2/c1-2-8-30-21(15-4-3-5-16(11-15)31(33)34)28-29-23(30)35-13-20(32)27-22-26-12-17(36-22)9-14-6-7-18(24)19(25)10-14/h2-7,10-12H,1,8-9,13H2,(H,26,27,32). The number of nitrogens with zero attached hydrogens (tertiary/aromatic N) is 5. The Kier molecular flexibility index (Phi) is 8.36. The van der Waals surface area contributed by atoms with Gasteiger partial charge in [-0.15, -0.1) is 28.1 Å². The monoisotopic (exact) mass is 560 g/mol. The highest BCUT2D eigenvalue weighted by molar-refractivity contribution is 7.99. The summed E-state index contributed by atoms with van der Waals surface area (Å²) in [5, 5.41) is 24.2. The quantitative estimate of drug-likeness (QED) is 0.107. The van der Waals surface area contributed by atoms with E-state index in [2.05, 4.69) is 27.1 Å². The molecular weight excluding hydrogens is 543 g/mol. The molecule has 4 aromatic rings. The molecule has 36 heavy (non-hydrogen) atoms. The first-order valence-electron chi connectivity index (χ1n) is 10.4. The maximum atomic E-state index is 12.6. The number of hydrogen-bond donors (Lipinski definition) is 1. The van der Waals surface area contributed by atoms with Crippen molar-refractivity contribution in [2.24, 2.45) is 0 Å². The first-order chi connectivity index (χ1) is 17.3. The zero-order valence-corrected chi connectivity index (χ0v) is 21.7. The Labute approximate surface area is 224 Å². The van der Waals surface area contributed by atoms with Gasteiger partial charge in [-0.25, -0.2) is 4.98 Å². The lowest BCUT2D eigenvalue weighted by atomic mass is 10.1. The van der Waals surface area contributed by atoms with E-state index in [-0.39, 0.29) is 17.3 Å². The Morgan fingerprint density at radius 2 is 2.06 bits per heavy atom. The number of non-ortho nitro benzene ring substituents is 1. The lowest BCUT2D eigenvalue weighted by Crippen LogP contribution is -2.14. The number of carbonyl (C=O) groups is 1. The molecule has 0 radical (unpaired) electrons. The van der Waals surface area contributed by atoms with Gasteiger partial charge < -0.3 is 5.32 Å². The highest BCUT2D eigenvalue weighted by atomic mass is 35.5. The van der Waals surface area contributed by atoms with Crippen molar-refractivity contribution in [3.8, 4) is 11.4 Å². The van der Waals surface area contributed by atoms with Crippen LogP contribution in [0.15, 0.2) is 66.5 Å². The van der Waals surface area contributed by atoms with E-state index in [9.17, 15) is 14.9 Å². The fourth-order valence-electron chi connectivity index (χ4n) is 3.24. The number of thioether (sulfide) groups is 1. The van der Waals surface area contributed by atoms with E-state index in [1.54, 1.807) is 41.1 Å². The molecule has 1 N–H and O–H groups in total. The highest BCUT2D eigenvalue weighted by Gasteiger charge is 2.17. The molecule has 184 valence electrons. The van der Waals surface area contributed by atoms with Crippen molar-refractivity contribution in [2.75, 3.05) is 11.1 Å². The van der Waals surface area contributed by atoms with Crippen LogP contribution >= 0.6 is 46.3 Å². The van der Waals surface area contributed by atoms with E-state index in [1.807, 2.05) is 6.07 Å². The molecule has 0 unspecified atom stereocenters. The molecular formula is C23H18Cl2N6O3S2. The number of nitro groups is 1. The van der Waals surface area contributed by atoms with Gasteiger partial charge in [-0.05, 0) is 17.7 Å². The predicted octanol–water partition coefficient (Wildman–Crippen LogP) is 6.12. The number of benzene rings is 2. The number of allylic oxidation sites excluding steroid dienone is 1. The number of nitro benzene ring substituents is 1. The van der Waals surface area contributed by atoms with Gasteiger partial charge in [0.05, 0.1) is 20.7 Å². The van der Waals surface area contributed by atoms with E-state index < -0.39 is 4.92 Å². The molecule has 0 aliphatic carbocycles. The summed E-state index contributed by atoms with van der Waals surface area (Å²) < 4.78 is 1.75. The molecule has 13 heteroatoms. The van der Waals surface area contributed by atoms with Gasteiger partial charge >= 0.3 is 0 Å². The van der Waals surface area contributed by atoms with Gasteiger partial charge in [-0.3, -0.25) is 19.5 Å². The van der Waals surface area contributed by atoms with Crippen LogP contribution in [0.1, 0.15) is 10.4 Å². The van der Waals surface area contributed by atoms with Gasteiger partial charge in [0, 0.05) is 41.7 Å². The Balaban J connectivity index is 1.40. The minimum absolute atomic E-state index is 0.0452. The summed E-state index contributed by atoms with van der Waals surface area (Å²) in [4.78, 5) is 28.5. The second-order valence-corrected chi connectivity index (χ2v) is 10.3. The van der Waals surface area contributed by atoms with Crippen LogP contribution in [0.25, 0.3) is 11.4 Å². The number of hydrogen-bond acceptors (Lipinski definition) is 8. The Bertz CT molecular complexity index is 1440. The van der Waals surface area contributed by atoms with Gasteiger partial charge in [0.2, 0.25) is 5.91 Å². The average molecular weight is 561 g/mol. The maximum absolute atomic E-state index is 12.6. The second kappa shape index (κ2) is 11.7. The zero-order valence-electron chi connectivity index (χ0n) is 18.6. The third-order valence-corrected chi connectivity index (χ3v) is 7.46. The van der Waals surface area contributed by atoms with Crippen LogP contribution in [0.2, 0.25) is 10.0 Å². The van der Waals surface area contributed by atoms with Gasteiger partial charge in [0.25, 0.3) is 5.69 Å². The number of amides is 1. The largest absolute Gasteiger partial charge is 0.301 e. The number of aromatic nitrogens is 4. The minimum atomic E-state index is -0.466. The summed E-state index contributed by atoms with van der Waals surface area (Å²) in [7, 11) is 0. The summed E-state index contributed by atoms with van der Waals surface area (Å²) in [6, 6.07) is 11.6. The molecule has 0 spiro atoms. The summed E-state index contributed by atoms with van der Waals surface area (Å²) in [5.41, 5.74) is 1.49. The van der Waals surface area contributed by atoms with Crippen molar-refractivity contribution in [3.63, 3.8) is 0 Å². The summed E-state index contributed by atoms with van der Waals surface area (Å²) in [6.07, 6.45) is 3.99. The lowest BCUT2D eigenvalue weighted by Gasteiger charge is -2.07. The molecule has 0 saturated carbocycles. The molecule has 0 saturated heterocycles. The molecule has 0 aliphatic rings. The molecule has 9 nitrogen and oxygen atoms in total. The van der Waals surface area contributed by atoms with Crippen molar-refractivity contribution in [1.29, 1.82) is 0 Å². The smallest absolute Gasteiger partial charge is 0.270 e. The molecule has 0 aliphatic heterocycles. The van der Waals surface area contributed by atoms with Crippen LogP contribution < -0.4 is 5.32 Å². The van der Waals surface area contributed by atoms with E-state index >= 15 is 0 Å². The molecule has 0 fully saturated rings. The summed E-state index contributed by atoms with van der Waals surface area (Å²) in [6.45, 7) is 4.13. The van der Waals surface area contributed by atoms with Crippen LogP contribution in [0.4, 0.5) is 10.8 Å². The predicted molar refractivity (Wildman–Crippen MR) is 143 cm³/mol. The number of halogens is 2. The maximum Gasteiger partial charge on any atom is 0.270 e. The van der Waals surface area contributed by atoms with Crippen LogP contribution in [0.5, 0.6) is 0 Å². The third kappa shape index (κ3) is 6.30. The molecule has 4 rings (SSSR count). The Morgan fingerprint density at radius 3 is 2.81 bits per heavy atom. The summed E-state index contributed by atoms with van der Waals surface area (Å²) in [5.74, 6) is 0.278. The second-order valence-electron chi connectivity index (χ2n) is 7.41. The third-order valence-electron chi connectivity index (χ3n) is 4.84. The van der Waals surface area contributed by atoms with Crippen molar-refractivity contribution < 1.29 is 9.72 Å². The van der Waals surface area contributed by atoms with E-state index in [0.29, 0.717) is 44.7 Å². The van der Waals surface area contributed by atoms with E-state index in [0.717, 1.165) is 10.4 Å². The van der Waals surface area contributed by atoms with Crippen molar-refractivity contribution >= 4 is 63.0 Å². The fraction of sp³-hybridized carbons (Fsp3) is 0.130. The number of nitrogens with one attached hydrogen (secondary N) is 1. The number of anilines is 1. The van der Waals surface area contributed by atoms with Gasteiger partial charge in [-0.1, -0.05) is 59.2 Å². The van der Waals surface area contributed by atoms with Gasteiger partial charge in [0.1, 0.15) is 0 Å². The molecule has 0 atom stereocenters. The van der Waals surface area contributed by atoms with Crippen LogP contribution in [0, 0.1) is 10.1 Å². The van der Waals surface area contributed by atoms with Crippen LogP contribution in [0.3, 0.4) is 0 Å². The molecule has 2 aromatic carbocycles. The molecule has 1 amide bonds. The number of rotatable bonds is 10. The van der Waals surface area contributed by atoms with Crippen LogP contribution in [-0.2, 0) is 17.8 Å². The fourth-order valence-corrected chi connectivity index (χ4v) is 5.18. The first-order valence-corrected chi connectivity index (χ1v) is 13.0. The van der Waals surface area contributed by atoms with E-state index in [4.69, 9.17) is 23.2 Å². The lowest BCUT2D eigenvalue weighted by molar-refractivity contribution is -0.384. The van der Waals surface area contributed by atoms with Gasteiger partial charge in [0.15, 0.2) is 16.1 Å². The number of thiazole rings is 1. The average Bonchev–Trinajstić information content (AvgIpc) is 3.47. The molecule has 2 heterocycles. The first kappa shape index (κ1) is 25.8. The topological polar surface area (TPSA) is 116 Å². The highest BCUT2D eigenvalue weighted by Crippen LogP contribution is 2.28. The zero-order chi connectivity index (χ0) is 25.7. The van der Waals surface area contributed by atoms with Crippen molar-refractivity contribution in [2.45, 2.75) is 18.1 Å². The van der Waals surface area contributed by atoms with Gasteiger partial charge in [-0.2, -0.15) is 0 Å². The Hall–Kier alpha value is -3.25. The van der Waals surface area contributed by atoms with Crippen molar-refractivity contribution in [1.82, 2.24) is 19.7 Å². The molecule has 2 aromatic heterocycles. The summed E-state index contributed by atoms with van der Waals surface area (Å²) >= 11 is 14.6. The minimum Gasteiger partial charge on any atom is -0.301 e. The van der Waals surface area contributed by atoms with Crippen molar-refractivity contribution in [3.05, 3.63) is 91.9 Å². The molecule has 0 bridgehead atoms. The van der Waals surface area contributed by atoms with E-state index in [1.165, 1.54) is 35.2 Å². The normalized spacial score (nSPS) is 10.8. The Morgan fingerprint density at radius 1 is 1.22 bits per heavy atom. The number of carbonyl (C=O) groups excluding carboxylic acids is 1.